The minimum absolute atomic E-state index is 0.0416. The predicted octanol–water partition coefficient (Wildman–Crippen LogP) is 2.09. The molecule has 5 rings (SSSR count). The minimum Gasteiger partial charge on any atom is -0.473 e. The Bertz CT molecular complexity index is 1110. The highest BCUT2D eigenvalue weighted by molar-refractivity contribution is 6.00. The number of pyridine rings is 1. The highest BCUT2D eigenvalue weighted by Gasteiger charge is 2.27. The third-order valence-corrected chi connectivity index (χ3v) is 5.55. The lowest BCUT2D eigenvalue weighted by Gasteiger charge is -2.14. The molecule has 10 heteroatoms. The summed E-state index contributed by atoms with van der Waals surface area (Å²) in [6.45, 7) is 0. The van der Waals surface area contributed by atoms with Crippen LogP contribution in [0, 0.1) is 0 Å². The molecule has 2 saturated carbocycles. The normalized spacial score (nSPS) is 20.6. The van der Waals surface area contributed by atoms with Crippen molar-refractivity contribution >= 4 is 28.9 Å². The number of amides is 1. The number of anilines is 3. The van der Waals surface area contributed by atoms with Crippen LogP contribution in [0.2, 0.25) is 0 Å². The van der Waals surface area contributed by atoms with Crippen molar-refractivity contribution in [2.45, 2.75) is 50.4 Å². The summed E-state index contributed by atoms with van der Waals surface area (Å²) in [6.07, 6.45) is 7.18. The van der Waals surface area contributed by atoms with Gasteiger partial charge in [0.2, 0.25) is 5.88 Å². The van der Waals surface area contributed by atoms with Crippen LogP contribution in [0.3, 0.4) is 0 Å². The number of rotatable bonds is 7. The van der Waals surface area contributed by atoms with E-state index in [0.717, 1.165) is 19.3 Å². The highest BCUT2D eigenvalue weighted by atomic mass is 16.5. The van der Waals surface area contributed by atoms with Crippen LogP contribution in [-0.4, -0.2) is 55.9 Å². The van der Waals surface area contributed by atoms with Crippen molar-refractivity contribution in [1.82, 2.24) is 24.9 Å². The molecular formula is C21H25N7O3. The molecule has 3 aromatic rings. The van der Waals surface area contributed by atoms with Crippen molar-refractivity contribution in [2.75, 3.05) is 17.7 Å². The molecule has 4 N–H and O–H groups in total. The van der Waals surface area contributed by atoms with Gasteiger partial charge in [0.05, 0.1) is 12.3 Å². The molecule has 2 aliphatic carbocycles. The molecule has 10 nitrogen and oxygen atoms in total. The van der Waals surface area contributed by atoms with Crippen molar-refractivity contribution in [3.63, 3.8) is 0 Å². The number of hydrogen-bond acceptors (Lipinski definition) is 8. The third-order valence-electron chi connectivity index (χ3n) is 5.55. The molecule has 2 atom stereocenters. The van der Waals surface area contributed by atoms with Gasteiger partial charge in [0.15, 0.2) is 5.65 Å². The molecule has 0 aliphatic heterocycles. The summed E-state index contributed by atoms with van der Waals surface area (Å²) < 4.78 is 7.48. The Kier molecular flexibility index (Phi) is 5.06. The van der Waals surface area contributed by atoms with Gasteiger partial charge in [0, 0.05) is 25.4 Å². The number of ether oxygens (including phenoxy) is 1. The van der Waals surface area contributed by atoms with E-state index in [1.54, 1.807) is 17.8 Å². The Hall–Kier alpha value is -3.40. The topological polar surface area (TPSA) is 126 Å². The van der Waals surface area contributed by atoms with Crippen LogP contribution >= 0.6 is 0 Å². The number of carbonyl (C=O) groups is 1. The Labute approximate surface area is 179 Å². The van der Waals surface area contributed by atoms with Crippen LogP contribution in [0.1, 0.15) is 42.5 Å². The molecule has 0 radical (unpaired) electrons. The van der Waals surface area contributed by atoms with E-state index in [4.69, 9.17) is 4.74 Å². The number of nitrogens with zero attached hydrogens (tertiary/aromatic N) is 4. The Balaban J connectivity index is 1.44. The first-order chi connectivity index (χ1) is 15.1. The Morgan fingerprint density at radius 2 is 2.16 bits per heavy atom. The van der Waals surface area contributed by atoms with E-state index in [9.17, 15) is 9.90 Å². The van der Waals surface area contributed by atoms with Crippen LogP contribution in [0.15, 0.2) is 30.6 Å². The summed E-state index contributed by atoms with van der Waals surface area (Å²) >= 11 is 0. The number of carbonyl (C=O) groups excluding carboxylic acids is 1. The van der Waals surface area contributed by atoms with Crippen molar-refractivity contribution in [1.29, 1.82) is 0 Å². The molecule has 0 spiro atoms. The predicted molar refractivity (Wildman–Crippen MR) is 115 cm³/mol. The summed E-state index contributed by atoms with van der Waals surface area (Å²) in [7, 11) is 1.78. The molecule has 0 unspecified atom stereocenters. The van der Waals surface area contributed by atoms with Crippen molar-refractivity contribution < 1.29 is 14.6 Å². The van der Waals surface area contributed by atoms with Gasteiger partial charge in [-0.25, -0.2) is 9.97 Å². The van der Waals surface area contributed by atoms with Gasteiger partial charge in [-0.3, -0.25) is 4.79 Å². The van der Waals surface area contributed by atoms with Gasteiger partial charge < -0.3 is 25.8 Å². The van der Waals surface area contributed by atoms with Gasteiger partial charge in [0.1, 0.15) is 29.0 Å². The van der Waals surface area contributed by atoms with Crippen LogP contribution < -0.4 is 20.7 Å². The lowest BCUT2D eigenvalue weighted by molar-refractivity contribution is 0.0935. The van der Waals surface area contributed by atoms with Gasteiger partial charge in [-0.2, -0.15) is 9.61 Å². The molecule has 3 aromatic heterocycles. The molecule has 0 aromatic carbocycles. The molecule has 1 amide bonds. The fraction of sp³-hybridized carbons (Fsp3) is 0.429. The van der Waals surface area contributed by atoms with Crippen molar-refractivity contribution in [2.24, 2.45) is 0 Å². The Morgan fingerprint density at radius 3 is 2.90 bits per heavy atom. The number of hydrogen-bond donors (Lipinski definition) is 4. The van der Waals surface area contributed by atoms with Gasteiger partial charge >= 0.3 is 0 Å². The first kappa shape index (κ1) is 19.6. The number of aliphatic hydroxyl groups excluding tert-OH is 1. The molecule has 2 aliphatic rings. The van der Waals surface area contributed by atoms with E-state index in [0.29, 0.717) is 47.3 Å². The first-order valence-electron chi connectivity index (χ1n) is 10.5. The van der Waals surface area contributed by atoms with Crippen LogP contribution in [0.25, 0.3) is 5.65 Å². The lowest BCUT2D eigenvalue weighted by atomic mass is 10.2. The van der Waals surface area contributed by atoms with E-state index in [2.05, 4.69) is 31.0 Å². The van der Waals surface area contributed by atoms with E-state index >= 15 is 0 Å². The molecule has 3 heterocycles. The maximum atomic E-state index is 12.9. The maximum Gasteiger partial charge on any atom is 0.256 e. The summed E-state index contributed by atoms with van der Waals surface area (Å²) in [5, 5.41) is 23.4. The molecule has 31 heavy (non-hydrogen) atoms. The largest absolute Gasteiger partial charge is 0.473 e. The molecule has 0 saturated heterocycles. The fourth-order valence-electron chi connectivity index (χ4n) is 3.78. The fourth-order valence-corrected chi connectivity index (χ4v) is 3.78. The first-order valence-corrected chi connectivity index (χ1v) is 10.5. The zero-order valence-electron chi connectivity index (χ0n) is 17.2. The monoisotopic (exact) mass is 423 g/mol. The van der Waals surface area contributed by atoms with Gasteiger partial charge in [-0.05, 0) is 44.2 Å². The number of nitrogens with one attached hydrogen (secondary N) is 3. The van der Waals surface area contributed by atoms with Crippen LogP contribution in [0.4, 0.5) is 17.3 Å². The quantitative estimate of drug-likeness (QED) is 0.455. The average molecular weight is 423 g/mol. The smallest absolute Gasteiger partial charge is 0.256 e. The summed E-state index contributed by atoms with van der Waals surface area (Å²) in [4.78, 5) is 21.8. The van der Waals surface area contributed by atoms with Gasteiger partial charge in [0.25, 0.3) is 5.91 Å². The van der Waals surface area contributed by atoms with E-state index in [1.807, 2.05) is 18.2 Å². The zero-order valence-corrected chi connectivity index (χ0v) is 17.2. The van der Waals surface area contributed by atoms with Gasteiger partial charge in [-0.1, -0.05) is 0 Å². The van der Waals surface area contributed by atoms with Crippen LogP contribution in [-0.2, 0) is 0 Å². The number of aliphatic hydroxyl groups is 1. The second-order valence-electron chi connectivity index (χ2n) is 8.01. The second-order valence-corrected chi connectivity index (χ2v) is 8.01. The number of aromatic nitrogens is 4. The minimum atomic E-state index is -0.356. The van der Waals surface area contributed by atoms with Gasteiger partial charge in [-0.15, -0.1) is 0 Å². The lowest BCUT2D eigenvalue weighted by Crippen LogP contribution is -2.33. The third kappa shape index (κ3) is 4.11. The van der Waals surface area contributed by atoms with E-state index in [1.165, 1.54) is 6.20 Å². The van der Waals surface area contributed by atoms with Crippen molar-refractivity contribution in [3.8, 4) is 5.88 Å². The summed E-state index contributed by atoms with van der Waals surface area (Å²) in [6, 6.07) is 5.47. The van der Waals surface area contributed by atoms with Crippen molar-refractivity contribution in [3.05, 3.63) is 36.2 Å². The highest BCUT2D eigenvalue weighted by Crippen LogP contribution is 2.32. The second kappa shape index (κ2) is 8.03. The molecular weight excluding hydrogens is 398 g/mol. The van der Waals surface area contributed by atoms with E-state index < -0.39 is 0 Å². The average Bonchev–Trinajstić information content (AvgIpc) is 3.32. The SMILES string of the molecule is CNc1cc(Nc2cccnc2OC2CC2)nc2c(C(=O)N[C@@H]3CC[C@@H](O)C3)cnn12. The zero-order chi connectivity index (χ0) is 21.4. The molecule has 0 bridgehead atoms. The standard InChI is InChI=1S/C21H25N7O3/c1-22-18-10-17(26-16-3-2-8-23-21(16)31-14-6-7-14)27-19-15(11-24-28(18)19)20(30)25-12-4-5-13(29)9-12/h2-3,8,10-14,22,29H,4-7,9H2,1H3,(H,25,30)(H,26,27)/t12-,13-/m1/s1. The van der Waals surface area contributed by atoms with Crippen LogP contribution in [0.5, 0.6) is 5.88 Å². The summed E-state index contributed by atoms with van der Waals surface area (Å²) in [5.74, 6) is 1.50. The molecule has 2 fully saturated rings. The maximum absolute atomic E-state index is 12.9. The number of fused-ring (bicyclic) bond motifs is 1. The Morgan fingerprint density at radius 1 is 1.29 bits per heavy atom. The van der Waals surface area contributed by atoms with E-state index in [-0.39, 0.29) is 24.2 Å². The summed E-state index contributed by atoms with van der Waals surface area (Å²) in [5.41, 5.74) is 1.51. The molecule has 162 valence electrons.